The van der Waals surface area contributed by atoms with Gasteiger partial charge in [-0.3, -0.25) is 0 Å². The van der Waals surface area contributed by atoms with Crippen LogP contribution >= 0.6 is 15.9 Å². The number of halogens is 1. The zero-order chi connectivity index (χ0) is 7.72. The van der Waals surface area contributed by atoms with E-state index in [1.54, 1.807) is 0 Å². The Morgan fingerprint density at radius 3 is 2.40 bits per heavy atom. The van der Waals surface area contributed by atoms with Crippen LogP contribution in [-0.4, -0.2) is 33.3 Å². The van der Waals surface area contributed by atoms with Gasteiger partial charge in [0, 0.05) is 6.04 Å². The van der Waals surface area contributed by atoms with Crippen LogP contribution in [0.3, 0.4) is 0 Å². The maximum absolute atomic E-state index is 9.28. The van der Waals surface area contributed by atoms with Gasteiger partial charge in [-0.2, -0.15) is 0 Å². The Labute approximate surface area is 68.4 Å². The molecular formula is C6H12BrNO2. The molecule has 1 aliphatic rings. The third kappa shape index (κ3) is 1.50. The first kappa shape index (κ1) is 8.46. The topological polar surface area (TPSA) is 66.5 Å². The molecule has 60 valence electrons. The van der Waals surface area contributed by atoms with E-state index in [0.717, 1.165) is 0 Å². The molecule has 0 radical (unpaired) electrons. The van der Waals surface area contributed by atoms with Crippen molar-refractivity contribution in [1.29, 1.82) is 0 Å². The van der Waals surface area contributed by atoms with Gasteiger partial charge in [-0.15, -0.1) is 0 Å². The molecule has 1 rings (SSSR count). The number of alkyl halides is 1. The highest BCUT2D eigenvalue weighted by Gasteiger charge is 2.33. The number of nitrogens with two attached hydrogens (primary N) is 1. The van der Waals surface area contributed by atoms with E-state index in [2.05, 4.69) is 15.9 Å². The first-order valence-corrected chi connectivity index (χ1v) is 4.30. The Morgan fingerprint density at radius 1 is 1.30 bits per heavy atom. The van der Waals surface area contributed by atoms with E-state index in [-0.39, 0.29) is 10.9 Å². The van der Waals surface area contributed by atoms with Gasteiger partial charge in [0.2, 0.25) is 0 Å². The first-order chi connectivity index (χ1) is 4.63. The van der Waals surface area contributed by atoms with Gasteiger partial charge >= 0.3 is 0 Å². The summed E-state index contributed by atoms with van der Waals surface area (Å²) in [5, 5.41) is 18.5. The van der Waals surface area contributed by atoms with Gasteiger partial charge in [-0.25, -0.2) is 0 Å². The molecule has 0 bridgehead atoms. The molecule has 0 saturated heterocycles. The summed E-state index contributed by atoms with van der Waals surface area (Å²) in [7, 11) is 0. The monoisotopic (exact) mass is 209 g/mol. The van der Waals surface area contributed by atoms with Gasteiger partial charge in [-0.05, 0) is 12.8 Å². The van der Waals surface area contributed by atoms with Crippen molar-refractivity contribution in [3.8, 4) is 0 Å². The summed E-state index contributed by atoms with van der Waals surface area (Å²) in [4.78, 5) is -0.253. The summed E-state index contributed by atoms with van der Waals surface area (Å²) in [5.74, 6) is 0. The lowest BCUT2D eigenvalue weighted by molar-refractivity contribution is 0.0375. The fraction of sp³-hybridized carbons (Fsp3) is 1.00. The minimum atomic E-state index is -0.608. The lowest BCUT2D eigenvalue weighted by Crippen LogP contribution is -2.49. The van der Waals surface area contributed by atoms with Crippen LogP contribution in [0.5, 0.6) is 0 Å². The van der Waals surface area contributed by atoms with Crippen molar-refractivity contribution in [3.05, 3.63) is 0 Å². The number of aliphatic hydroxyl groups excluding tert-OH is 2. The van der Waals surface area contributed by atoms with Crippen LogP contribution in [-0.2, 0) is 0 Å². The number of rotatable bonds is 0. The molecule has 1 fully saturated rings. The second-order valence-electron chi connectivity index (χ2n) is 2.74. The fourth-order valence-electron chi connectivity index (χ4n) is 1.16. The lowest BCUT2D eigenvalue weighted by atomic mass is 9.91. The summed E-state index contributed by atoms with van der Waals surface area (Å²) in [5.41, 5.74) is 5.54. The zero-order valence-electron chi connectivity index (χ0n) is 5.57. The van der Waals surface area contributed by atoms with E-state index >= 15 is 0 Å². The molecule has 0 aromatic rings. The molecule has 0 aromatic carbocycles. The molecule has 4 N–H and O–H groups in total. The average molecular weight is 210 g/mol. The Kier molecular flexibility index (Phi) is 2.68. The standard InChI is InChI=1S/C6H12BrNO2/c7-5-4(9)2-1-3(8)6(5)10/h3-6,9-10H,1-2,8H2. The molecule has 4 heteroatoms. The van der Waals surface area contributed by atoms with Gasteiger partial charge < -0.3 is 15.9 Å². The molecule has 1 saturated carbocycles. The van der Waals surface area contributed by atoms with Crippen molar-refractivity contribution >= 4 is 15.9 Å². The van der Waals surface area contributed by atoms with Crippen LogP contribution in [0.4, 0.5) is 0 Å². The van der Waals surface area contributed by atoms with Crippen LogP contribution in [0.15, 0.2) is 0 Å². The number of hydrogen-bond acceptors (Lipinski definition) is 3. The summed E-state index contributed by atoms with van der Waals surface area (Å²) < 4.78 is 0. The minimum Gasteiger partial charge on any atom is -0.392 e. The van der Waals surface area contributed by atoms with E-state index in [4.69, 9.17) is 5.73 Å². The van der Waals surface area contributed by atoms with E-state index < -0.39 is 12.2 Å². The molecule has 4 unspecified atom stereocenters. The quantitative estimate of drug-likeness (QED) is 0.476. The molecule has 0 aromatic heterocycles. The minimum absolute atomic E-state index is 0.187. The van der Waals surface area contributed by atoms with Crippen molar-refractivity contribution < 1.29 is 10.2 Å². The van der Waals surface area contributed by atoms with Gasteiger partial charge in [0.15, 0.2) is 0 Å². The van der Waals surface area contributed by atoms with Crippen molar-refractivity contribution in [3.63, 3.8) is 0 Å². The van der Waals surface area contributed by atoms with Crippen molar-refractivity contribution in [2.24, 2.45) is 5.73 Å². The molecule has 3 nitrogen and oxygen atoms in total. The highest BCUT2D eigenvalue weighted by molar-refractivity contribution is 9.09. The third-order valence-corrected chi connectivity index (χ3v) is 3.08. The van der Waals surface area contributed by atoms with Crippen molar-refractivity contribution in [2.75, 3.05) is 0 Å². The Balaban J connectivity index is 2.52. The van der Waals surface area contributed by atoms with Gasteiger partial charge in [0.25, 0.3) is 0 Å². The van der Waals surface area contributed by atoms with E-state index in [1.165, 1.54) is 0 Å². The Morgan fingerprint density at radius 2 is 1.90 bits per heavy atom. The van der Waals surface area contributed by atoms with E-state index in [1.807, 2.05) is 0 Å². The molecular weight excluding hydrogens is 198 g/mol. The largest absolute Gasteiger partial charge is 0.392 e. The van der Waals surface area contributed by atoms with Crippen LogP contribution in [0.25, 0.3) is 0 Å². The fourth-order valence-corrected chi connectivity index (χ4v) is 1.81. The molecule has 0 heterocycles. The predicted octanol–water partition coefficient (Wildman–Crippen LogP) is -0.407. The van der Waals surface area contributed by atoms with Crippen LogP contribution in [0, 0.1) is 0 Å². The van der Waals surface area contributed by atoms with E-state index in [9.17, 15) is 10.2 Å². The number of hydrogen-bond donors (Lipinski definition) is 3. The van der Waals surface area contributed by atoms with Gasteiger partial charge in [0.05, 0.1) is 17.0 Å². The van der Waals surface area contributed by atoms with Gasteiger partial charge in [0.1, 0.15) is 0 Å². The molecule has 4 atom stereocenters. The normalized spacial score (nSPS) is 49.2. The summed E-state index contributed by atoms with van der Waals surface area (Å²) in [6.07, 6.45) is 0.317. The Hall–Kier alpha value is 0.360. The lowest BCUT2D eigenvalue weighted by Gasteiger charge is -2.32. The maximum atomic E-state index is 9.28. The second-order valence-corrected chi connectivity index (χ2v) is 3.80. The average Bonchev–Trinajstić information content (AvgIpc) is 1.93. The highest BCUT2D eigenvalue weighted by Crippen LogP contribution is 2.24. The summed E-state index contributed by atoms with van der Waals surface area (Å²) in [6.45, 7) is 0. The molecule has 0 spiro atoms. The van der Waals surface area contributed by atoms with Crippen LogP contribution < -0.4 is 5.73 Å². The SMILES string of the molecule is NC1CCC(O)C(Br)C1O. The first-order valence-electron chi connectivity index (χ1n) is 3.38. The molecule has 0 amide bonds. The van der Waals surface area contributed by atoms with Crippen LogP contribution in [0.2, 0.25) is 0 Å². The highest BCUT2D eigenvalue weighted by atomic mass is 79.9. The van der Waals surface area contributed by atoms with Gasteiger partial charge in [-0.1, -0.05) is 15.9 Å². The van der Waals surface area contributed by atoms with E-state index in [0.29, 0.717) is 12.8 Å². The zero-order valence-corrected chi connectivity index (χ0v) is 7.16. The van der Waals surface area contributed by atoms with Crippen molar-refractivity contribution in [1.82, 2.24) is 0 Å². The third-order valence-electron chi connectivity index (χ3n) is 1.93. The smallest absolute Gasteiger partial charge is 0.0840 e. The summed E-state index contributed by atoms with van der Waals surface area (Å²) >= 11 is 3.18. The van der Waals surface area contributed by atoms with Crippen molar-refractivity contribution in [2.45, 2.75) is 35.9 Å². The number of aliphatic hydroxyl groups is 2. The maximum Gasteiger partial charge on any atom is 0.0840 e. The summed E-state index contributed by atoms with van der Waals surface area (Å²) in [6, 6.07) is -0.187. The molecule has 1 aliphatic carbocycles. The Bertz CT molecular complexity index is 108. The molecule has 0 aliphatic heterocycles. The second kappa shape index (κ2) is 3.17. The van der Waals surface area contributed by atoms with Crippen LogP contribution in [0.1, 0.15) is 12.8 Å². The molecule has 10 heavy (non-hydrogen) atoms. The predicted molar refractivity (Wildman–Crippen MR) is 41.9 cm³/mol.